The minimum Gasteiger partial charge on any atom is -0.497 e. The molecule has 1 aromatic heterocycles. The zero-order chi connectivity index (χ0) is 24.4. The fourth-order valence-electron chi connectivity index (χ4n) is 5.29. The van der Waals surface area contributed by atoms with Gasteiger partial charge in [-0.15, -0.1) is 0 Å². The maximum Gasteiger partial charge on any atom is 0.320 e. The molecule has 0 aliphatic carbocycles. The highest BCUT2D eigenvalue weighted by molar-refractivity contribution is 5.84. The van der Waals surface area contributed by atoms with Crippen molar-refractivity contribution in [2.75, 3.05) is 52.3 Å². The number of benzene rings is 2. The number of nitrogens with two attached hydrogens (primary N) is 1. The molecule has 35 heavy (non-hydrogen) atoms. The highest BCUT2D eigenvalue weighted by Gasteiger charge is 2.34. The van der Waals surface area contributed by atoms with Crippen molar-refractivity contribution in [1.29, 1.82) is 0 Å². The van der Waals surface area contributed by atoms with E-state index >= 15 is 0 Å². The SMILES string of the molecule is CCOc1cc2c(cc1N)CCN(C(=O)N1CCOCC1)C2CCc1c[nH]c2ccc(OC)cc12. The van der Waals surface area contributed by atoms with Crippen LogP contribution in [0.1, 0.15) is 36.1 Å². The zero-order valence-electron chi connectivity index (χ0n) is 20.5. The molecule has 0 saturated carbocycles. The van der Waals surface area contributed by atoms with Gasteiger partial charge in [0, 0.05) is 36.7 Å². The highest BCUT2D eigenvalue weighted by Crippen LogP contribution is 2.39. The number of aromatic amines is 1. The first-order valence-electron chi connectivity index (χ1n) is 12.4. The van der Waals surface area contributed by atoms with Crippen LogP contribution >= 0.6 is 0 Å². The van der Waals surface area contributed by atoms with Crippen molar-refractivity contribution in [3.05, 3.63) is 53.2 Å². The molecule has 8 nitrogen and oxygen atoms in total. The Kier molecular flexibility index (Phi) is 6.72. The number of anilines is 1. The molecule has 2 aromatic carbocycles. The molecule has 0 bridgehead atoms. The summed E-state index contributed by atoms with van der Waals surface area (Å²) in [4.78, 5) is 20.9. The van der Waals surface area contributed by atoms with Crippen molar-refractivity contribution in [3.8, 4) is 11.5 Å². The Hall–Kier alpha value is -3.39. The number of fused-ring (bicyclic) bond motifs is 2. The molecule has 2 aliphatic rings. The number of nitrogens with one attached hydrogen (secondary N) is 1. The van der Waals surface area contributed by atoms with Gasteiger partial charge in [0.1, 0.15) is 11.5 Å². The number of ether oxygens (including phenoxy) is 3. The summed E-state index contributed by atoms with van der Waals surface area (Å²) in [6.45, 7) is 5.60. The second-order valence-electron chi connectivity index (χ2n) is 9.13. The molecule has 186 valence electrons. The summed E-state index contributed by atoms with van der Waals surface area (Å²) < 4.78 is 16.7. The number of hydrogen-bond acceptors (Lipinski definition) is 5. The molecule has 1 fully saturated rings. The van der Waals surface area contributed by atoms with Crippen LogP contribution in [0.2, 0.25) is 0 Å². The van der Waals surface area contributed by atoms with Gasteiger partial charge in [-0.1, -0.05) is 0 Å². The highest BCUT2D eigenvalue weighted by atomic mass is 16.5. The zero-order valence-corrected chi connectivity index (χ0v) is 20.5. The Bertz CT molecular complexity index is 1200. The number of carbonyl (C=O) groups excluding carboxylic acids is 1. The van der Waals surface area contributed by atoms with Crippen LogP contribution in [0.25, 0.3) is 10.9 Å². The lowest BCUT2D eigenvalue weighted by Gasteiger charge is -2.41. The van der Waals surface area contributed by atoms with Gasteiger partial charge in [-0.25, -0.2) is 4.79 Å². The van der Waals surface area contributed by atoms with E-state index in [0.29, 0.717) is 50.9 Å². The van der Waals surface area contributed by atoms with Crippen LogP contribution in [-0.2, 0) is 17.6 Å². The van der Waals surface area contributed by atoms with Crippen LogP contribution in [-0.4, -0.2) is 67.4 Å². The third kappa shape index (κ3) is 4.62. The Morgan fingerprint density at radius 2 is 2.03 bits per heavy atom. The van der Waals surface area contributed by atoms with Gasteiger partial charge < -0.3 is 34.7 Å². The molecule has 3 aromatic rings. The molecule has 2 amide bonds. The normalized spacial score (nSPS) is 17.9. The lowest BCUT2D eigenvalue weighted by molar-refractivity contribution is 0.0376. The monoisotopic (exact) mass is 478 g/mol. The van der Waals surface area contributed by atoms with Crippen molar-refractivity contribution in [3.63, 3.8) is 0 Å². The lowest BCUT2D eigenvalue weighted by atomic mass is 9.88. The second kappa shape index (κ2) is 10.1. The summed E-state index contributed by atoms with van der Waals surface area (Å²) >= 11 is 0. The first-order valence-corrected chi connectivity index (χ1v) is 12.4. The number of aryl methyl sites for hydroxylation is 1. The quantitative estimate of drug-likeness (QED) is 0.520. The predicted octanol–water partition coefficient (Wildman–Crippen LogP) is 4.14. The minimum atomic E-state index is -0.0653. The number of hydrogen-bond donors (Lipinski definition) is 2. The third-order valence-electron chi connectivity index (χ3n) is 7.12. The second-order valence-corrected chi connectivity index (χ2v) is 9.13. The van der Waals surface area contributed by atoms with Gasteiger partial charge in [0.2, 0.25) is 0 Å². The molecule has 0 spiro atoms. The van der Waals surface area contributed by atoms with Crippen LogP contribution in [0.4, 0.5) is 10.5 Å². The number of nitrogens with zero attached hydrogens (tertiary/aromatic N) is 2. The van der Waals surface area contributed by atoms with E-state index in [-0.39, 0.29) is 12.1 Å². The first-order chi connectivity index (χ1) is 17.1. The number of carbonyl (C=O) groups is 1. The Labute approximate surface area is 205 Å². The molecule has 1 saturated heterocycles. The number of nitrogen functional groups attached to an aromatic ring is 1. The van der Waals surface area contributed by atoms with E-state index in [9.17, 15) is 4.79 Å². The van der Waals surface area contributed by atoms with E-state index in [1.807, 2.05) is 34.9 Å². The molecule has 2 aliphatic heterocycles. The van der Waals surface area contributed by atoms with E-state index < -0.39 is 0 Å². The standard InChI is InChI=1S/C27H34N4O4/c1-3-35-26-16-22-18(14-23(26)28)8-9-31(27(32)30-10-12-34-13-11-30)25(22)7-4-19-17-29-24-6-5-20(33-2)15-21(19)24/h5-6,14-17,25,29H,3-4,7-13,28H2,1-2H3. The van der Waals surface area contributed by atoms with Crippen molar-refractivity contribution in [2.45, 2.75) is 32.2 Å². The van der Waals surface area contributed by atoms with Gasteiger partial charge in [0.15, 0.2) is 0 Å². The smallest absolute Gasteiger partial charge is 0.320 e. The summed E-state index contributed by atoms with van der Waals surface area (Å²) in [7, 11) is 1.68. The summed E-state index contributed by atoms with van der Waals surface area (Å²) in [5.41, 5.74) is 11.6. The minimum absolute atomic E-state index is 0.0653. The number of aromatic nitrogens is 1. The third-order valence-corrected chi connectivity index (χ3v) is 7.12. The Morgan fingerprint density at radius 3 is 2.80 bits per heavy atom. The van der Waals surface area contributed by atoms with E-state index in [4.69, 9.17) is 19.9 Å². The van der Waals surface area contributed by atoms with Gasteiger partial charge >= 0.3 is 6.03 Å². The number of rotatable bonds is 6. The van der Waals surface area contributed by atoms with Gasteiger partial charge in [-0.2, -0.15) is 0 Å². The fourth-order valence-corrected chi connectivity index (χ4v) is 5.29. The predicted molar refractivity (Wildman–Crippen MR) is 136 cm³/mol. The van der Waals surface area contributed by atoms with Crippen molar-refractivity contribution in [1.82, 2.24) is 14.8 Å². The summed E-state index contributed by atoms with van der Waals surface area (Å²) in [5, 5.41) is 1.15. The van der Waals surface area contributed by atoms with E-state index in [2.05, 4.69) is 23.3 Å². The molecule has 0 radical (unpaired) electrons. The van der Waals surface area contributed by atoms with Crippen molar-refractivity contribution in [2.24, 2.45) is 0 Å². The fraction of sp³-hybridized carbons (Fsp3) is 0.444. The van der Waals surface area contributed by atoms with Gasteiger partial charge in [-0.3, -0.25) is 0 Å². The van der Waals surface area contributed by atoms with Gasteiger partial charge in [-0.05, 0) is 73.2 Å². The Balaban J connectivity index is 1.47. The molecule has 5 rings (SSSR count). The number of H-pyrrole nitrogens is 1. The molecule has 3 heterocycles. The van der Waals surface area contributed by atoms with E-state index in [1.165, 1.54) is 11.1 Å². The van der Waals surface area contributed by atoms with Crippen molar-refractivity contribution >= 4 is 22.6 Å². The van der Waals surface area contributed by atoms with E-state index in [1.54, 1.807) is 7.11 Å². The molecular formula is C27H34N4O4. The number of methoxy groups -OCH3 is 1. The van der Waals surface area contributed by atoms with Crippen LogP contribution in [0, 0.1) is 0 Å². The topological polar surface area (TPSA) is 93.0 Å². The lowest BCUT2D eigenvalue weighted by Crippen LogP contribution is -2.51. The van der Waals surface area contributed by atoms with Gasteiger partial charge in [0.25, 0.3) is 0 Å². The van der Waals surface area contributed by atoms with Crippen LogP contribution in [0.3, 0.4) is 0 Å². The molecule has 3 N–H and O–H groups in total. The van der Waals surface area contributed by atoms with E-state index in [0.717, 1.165) is 41.5 Å². The summed E-state index contributed by atoms with van der Waals surface area (Å²) in [6, 6.07) is 10.2. The van der Waals surface area contributed by atoms with Gasteiger partial charge in [0.05, 0.1) is 38.7 Å². The first kappa shape index (κ1) is 23.4. The largest absolute Gasteiger partial charge is 0.497 e. The summed E-state index contributed by atoms with van der Waals surface area (Å²) in [5.74, 6) is 1.52. The summed E-state index contributed by atoms with van der Waals surface area (Å²) in [6.07, 6.45) is 4.46. The van der Waals surface area contributed by atoms with Crippen molar-refractivity contribution < 1.29 is 19.0 Å². The molecule has 1 atom stereocenters. The average Bonchev–Trinajstić information content (AvgIpc) is 3.30. The van der Waals surface area contributed by atoms with Crippen LogP contribution in [0.15, 0.2) is 36.5 Å². The molecular weight excluding hydrogens is 444 g/mol. The number of urea groups is 1. The number of amides is 2. The average molecular weight is 479 g/mol. The molecule has 8 heteroatoms. The Morgan fingerprint density at radius 1 is 1.20 bits per heavy atom. The molecule has 1 unspecified atom stereocenters. The number of morpholine rings is 1. The maximum absolute atomic E-state index is 13.6. The maximum atomic E-state index is 13.6. The van der Waals surface area contributed by atoms with Crippen LogP contribution < -0.4 is 15.2 Å². The van der Waals surface area contributed by atoms with Crippen LogP contribution in [0.5, 0.6) is 11.5 Å².